The van der Waals surface area contributed by atoms with Crippen molar-refractivity contribution in [2.45, 2.75) is 51.3 Å². The second-order valence-corrected chi connectivity index (χ2v) is 5.67. The van der Waals surface area contributed by atoms with Crippen molar-refractivity contribution in [1.29, 1.82) is 0 Å². The summed E-state index contributed by atoms with van der Waals surface area (Å²) in [6, 6.07) is 0. The SMILES string of the molecule is CCC(CC)S(=O)CC(C)(C)N. The molecule has 1 unspecified atom stereocenters. The molecule has 0 amide bonds. The van der Waals surface area contributed by atoms with E-state index < -0.39 is 10.8 Å². The van der Waals surface area contributed by atoms with Gasteiger partial charge in [-0.25, -0.2) is 0 Å². The Hall–Kier alpha value is 0.110. The first kappa shape index (κ1) is 12.1. The van der Waals surface area contributed by atoms with E-state index in [0.717, 1.165) is 12.8 Å². The smallest absolute Gasteiger partial charge is 0.0412 e. The molecule has 12 heavy (non-hydrogen) atoms. The molecule has 0 fully saturated rings. The van der Waals surface area contributed by atoms with Crippen molar-refractivity contribution in [3.05, 3.63) is 0 Å². The van der Waals surface area contributed by atoms with Crippen LogP contribution in [-0.2, 0) is 10.8 Å². The normalized spacial score (nSPS) is 15.2. The first-order valence-corrected chi connectivity index (χ1v) is 5.95. The van der Waals surface area contributed by atoms with Gasteiger partial charge < -0.3 is 5.73 Å². The van der Waals surface area contributed by atoms with Gasteiger partial charge in [0.15, 0.2) is 0 Å². The molecule has 0 aromatic heterocycles. The zero-order valence-corrected chi connectivity index (χ0v) is 9.41. The van der Waals surface area contributed by atoms with Gasteiger partial charge in [-0.05, 0) is 26.7 Å². The van der Waals surface area contributed by atoms with Crippen LogP contribution in [0.3, 0.4) is 0 Å². The number of rotatable bonds is 5. The van der Waals surface area contributed by atoms with E-state index in [2.05, 4.69) is 13.8 Å². The maximum absolute atomic E-state index is 11.7. The molecule has 74 valence electrons. The zero-order valence-electron chi connectivity index (χ0n) is 8.59. The predicted octanol–water partition coefficient (Wildman–Crippen LogP) is 1.66. The van der Waals surface area contributed by atoms with Gasteiger partial charge in [-0.2, -0.15) is 0 Å². The molecular formula is C9H21NOS. The Morgan fingerprint density at radius 3 is 2.00 bits per heavy atom. The van der Waals surface area contributed by atoms with E-state index in [4.69, 9.17) is 5.73 Å². The highest BCUT2D eigenvalue weighted by molar-refractivity contribution is 7.85. The lowest BCUT2D eigenvalue weighted by Crippen LogP contribution is -2.40. The van der Waals surface area contributed by atoms with Crippen LogP contribution in [0, 0.1) is 0 Å². The lowest BCUT2D eigenvalue weighted by atomic mass is 10.1. The van der Waals surface area contributed by atoms with Crippen LogP contribution in [0.25, 0.3) is 0 Å². The number of hydrogen-bond acceptors (Lipinski definition) is 2. The van der Waals surface area contributed by atoms with E-state index in [1.54, 1.807) is 0 Å². The Balaban J connectivity index is 4.02. The number of nitrogens with two attached hydrogens (primary N) is 1. The lowest BCUT2D eigenvalue weighted by molar-refractivity contribution is 0.570. The molecule has 0 radical (unpaired) electrons. The molecule has 2 N–H and O–H groups in total. The van der Waals surface area contributed by atoms with Gasteiger partial charge in [-0.1, -0.05) is 13.8 Å². The monoisotopic (exact) mass is 191 g/mol. The first-order chi connectivity index (χ1) is 5.40. The summed E-state index contributed by atoms with van der Waals surface area (Å²) < 4.78 is 11.7. The van der Waals surface area contributed by atoms with E-state index in [1.807, 2.05) is 13.8 Å². The third-order valence-corrected chi connectivity index (χ3v) is 4.24. The molecule has 3 heteroatoms. The molecule has 1 atom stereocenters. The minimum Gasteiger partial charge on any atom is -0.325 e. The van der Waals surface area contributed by atoms with Crippen LogP contribution in [0.15, 0.2) is 0 Å². The van der Waals surface area contributed by atoms with Gasteiger partial charge in [-0.3, -0.25) is 4.21 Å². The van der Waals surface area contributed by atoms with E-state index in [9.17, 15) is 4.21 Å². The second-order valence-electron chi connectivity index (χ2n) is 3.95. The summed E-state index contributed by atoms with van der Waals surface area (Å²) in [4.78, 5) is 0. The first-order valence-electron chi connectivity index (χ1n) is 4.56. The molecule has 0 aliphatic carbocycles. The molecule has 0 aliphatic heterocycles. The van der Waals surface area contributed by atoms with Crippen molar-refractivity contribution in [2.75, 3.05) is 5.75 Å². The van der Waals surface area contributed by atoms with Crippen molar-refractivity contribution in [3.63, 3.8) is 0 Å². The summed E-state index contributed by atoms with van der Waals surface area (Å²) in [5, 5.41) is 0.327. The Labute approximate surface area is 78.4 Å². The van der Waals surface area contributed by atoms with Crippen LogP contribution >= 0.6 is 0 Å². The van der Waals surface area contributed by atoms with Gasteiger partial charge in [0.1, 0.15) is 0 Å². The van der Waals surface area contributed by atoms with E-state index in [-0.39, 0.29) is 5.54 Å². The van der Waals surface area contributed by atoms with Crippen LogP contribution < -0.4 is 5.73 Å². The van der Waals surface area contributed by atoms with E-state index in [1.165, 1.54) is 0 Å². The molecule has 0 heterocycles. The van der Waals surface area contributed by atoms with E-state index >= 15 is 0 Å². The minimum absolute atomic E-state index is 0.298. The van der Waals surface area contributed by atoms with Crippen molar-refractivity contribution in [3.8, 4) is 0 Å². The van der Waals surface area contributed by atoms with Gasteiger partial charge in [0.2, 0.25) is 0 Å². The Bertz CT molecular complexity index is 147. The van der Waals surface area contributed by atoms with Gasteiger partial charge in [0.25, 0.3) is 0 Å². The van der Waals surface area contributed by atoms with Crippen LogP contribution in [0.4, 0.5) is 0 Å². The topological polar surface area (TPSA) is 43.1 Å². The number of hydrogen-bond donors (Lipinski definition) is 1. The van der Waals surface area contributed by atoms with E-state index in [0.29, 0.717) is 11.0 Å². The fraction of sp³-hybridized carbons (Fsp3) is 1.00. The van der Waals surface area contributed by atoms with Crippen LogP contribution in [0.5, 0.6) is 0 Å². The highest BCUT2D eigenvalue weighted by Crippen LogP contribution is 2.10. The van der Waals surface area contributed by atoms with Crippen molar-refractivity contribution < 1.29 is 4.21 Å². The Morgan fingerprint density at radius 2 is 1.75 bits per heavy atom. The zero-order chi connectivity index (χ0) is 9.78. The Kier molecular flexibility index (Phi) is 5.02. The molecule has 0 spiro atoms. The second kappa shape index (κ2) is 4.97. The van der Waals surface area contributed by atoms with Crippen molar-refractivity contribution >= 4 is 10.8 Å². The molecular weight excluding hydrogens is 170 g/mol. The van der Waals surface area contributed by atoms with Crippen LogP contribution in [-0.4, -0.2) is 20.8 Å². The summed E-state index contributed by atoms with van der Waals surface area (Å²) in [6.07, 6.45) is 1.97. The minimum atomic E-state index is -0.752. The molecule has 2 nitrogen and oxygen atoms in total. The molecule has 0 bridgehead atoms. The summed E-state index contributed by atoms with van der Waals surface area (Å²) in [7, 11) is -0.752. The molecule has 0 rings (SSSR count). The maximum Gasteiger partial charge on any atom is 0.0412 e. The summed E-state index contributed by atoms with van der Waals surface area (Å²) >= 11 is 0. The molecule has 0 aromatic carbocycles. The standard InChI is InChI=1S/C9H21NOS/c1-5-8(6-2)12(11)7-9(3,4)10/h8H,5-7,10H2,1-4H3. The van der Waals surface area contributed by atoms with Crippen LogP contribution in [0.1, 0.15) is 40.5 Å². The summed E-state index contributed by atoms with van der Waals surface area (Å²) in [5.74, 6) is 0.610. The van der Waals surface area contributed by atoms with Crippen molar-refractivity contribution in [2.24, 2.45) is 5.73 Å². The lowest BCUT2D eigenvalue weighted by Gasteiger charge is -2.21. The average molecular weight is 191 g/mol. The largest absolute Gasteiger partial charge is 0.325 e. The Morgan fingerprint density at radius 1 is 1.33 bits per heavy atom. The fourth-order valence-electron chi connectivity index (χ4n) is 1.14. The third-order valence-electron chi connectivity index (χ3n) is 1.80. The summed E-state index contributed by atoms with van der Waals surface area (Å²) in [5.41, 5.74) is 5.49. The summed E-state index contributed by atoms with van der Waals surface area (Å²) in [6.45, 7) is 8.01. The molecule has 0 saturated carbocycles. The quantitative estimate of drug-likeness (QED) is 0.718. The van der Waals surface area contributed by atoms with Crippen molar-refractivity contribution in [1.82, 2.24) is 0 Å². The third kappa shape index (κ3) is 4.88. The molecule has 0 saturated heterocycles. The van der Waals surface area contributed by atoms with Gasteiger partial charge in [0, 0.05) is 27.3 Å². The maximum atomic E-state index is 11.7. The van der Waals surface area contributed by atoms with Crippen LogP contribution in [0.2, 0.25) is 0 Å². The average Bonchev–Trinajstić information content (AvgIpc) is 1.85. The van der Waals surface area contributed by atoms with Gasteiger partial charge >= 0.3 is 0 Å². The predicted molar refractivity (Wildman–Crippen MR) is 55.6 cm³/mol. The van der Waals surface area contributed by atoms with Gasteiger partial charge in [0.05, 0.1) is 0 Å². The molecule has 0 aromatic rings. The van der Waals surface area contributed by atoms with Gasteiger partial charge in [-0.15, -0.1) is 0 Å². The highest BCUT2D eigenvalue weighted by atomic mass is 32.2. The highest BCUT2D eigenvalue weighted by Gasteiger charge is 2.20. The fourth-order valence-corrected chi connectivity index (χ4v) is 2.86. The molecule has 0 aliphatic rings.